The van der Waals surface area contributed by atoms with Crippen LogP contribution in [0.1, 0.15) is 20.3 Å². The normalized spacial score (nSPS) is 22.5. The van der Waals surface area contributed by atoms with Crippen molar-refractivity contribution in [2.45, 2.75) is 32.4 Å². The molecule has 2 aromatic heterocycles. The van der Waals surface area contributed by atoms with Crippen LogP contribution in [0.5, 0.6) is 0 Å². The van der Waals surface area contributed by atoms with Gasteiger partial charge in [0.1, 0.15) is 0 Å². The third kappa shape index (κ3) is 2.98. The van der Waals surface area contributed by atoms with Crippen LogP contribution < -0.4 is 4.90 Å². The van der Waals surface area contributed by atoms with Gasteiger partial charge >= 0.3 is 0 Å². The molecule has 0 bridgehead atoms. The zero-order chi connectivity index (χ0) is 14.8. The average molecular weight is 309 g/mol. The van der Waals surface area contributed by atoms with Crippen molar-refractivity contribution in [3.8, 4) is 5.95 Å². The van der Waals surface area contributed by atoms with E-state index in [1.165, 1.54) is 0 Å². The highest BCUT2D eigenvalue weighted by atomic mass is 35.5. The van der Waals surface area contributed by atoms with Crippen molar-refractivity contribution in [2.75, 3.05) is 18.1 Å². The van der Waals surface area contributed by atoms with Crippen LogP contribution in [0.25, 0.3) is 5.95 Å². The molecule has 2 unspecified atom stereocenters. The Bertz CT molecular complexity index is 605. The van der Waals surface area contributed by atoms with E-state index in [4.69, 9.17) is 16.3 Å². The van der Waals surface area contributed by atoms with Crippen LogP contribution >= 0.6 is 11.6 Å². The number of halogens is 1. The molecule has 7 nitrogen and oxygen atoms in total. The first-order valence-corrected chi connectivity index (χ1v) is 7.35. The van der Waals surface area contributed by atoms with Crippen LogP contribution in [-0.4, -0.2) is 50.0 Å². The van der Waals surface area contributed by atoms with E-state index in [0.717, 1.165) is 13.0 Å². The first-order valence-electron chi connectivity index (χ1n) is 6.97. The minimum atomic E-state index is 0.136. The maximum atomic E-state index is 6.05. The Labute approximate surface area is 127 Å². The zero-order valence-corrected chi connectivity index (χ0v) is 12.7. The van der Waals surface area contributed by atoms with E-state index >= 15 is 0 Å². The fourth-order valence-corrected chi connectivity index (χ4v) is 2.53. The molecular weight excluding hydrogens is 292 g/mol. The second-order valence-electron chi connectivity index (χ2n) is 5.01. The molecule has 1 fully saturated rings. The molecule has 0 N–H and O–H groups in total. The predicted octanol–water partition coefficient (Wildman–Crippen LogP) is 1.71. The third-order valence-electron chi connectivity index (χ3n) is 3.49. The molecule has 1 aliphatic rings. The van der Waals surface area contributed by atoms with Crippen LogP contribution in [0.3, 0.4) is 0 Å². The van der Waals surface area contributed by atoms with Crippen molar-refractivity contribution in [3.05, 3.63) is 23.7 Å². The lowest BCUT2D eigenvalue weighted by Crippen LogP contribution is -2.49. The molecule has 3 rings (SSSR count). The molecular formula is C13H17ClN6O. The molecule has 0 aliphatic carbocycles. The van der Waals surface area contributed by atoms with Gasteiger partial charge in [-0.15, -0.1) is 0 Å². The Morgan fingerprint density at radius 1 is 1.33 bits per heavy atom. The molecule has 0 aromatic carbocycles. The van der Waals surface area contributed by atoms with Gasteiger partial charge in [0.2, 0.25) is 11.2 Å². The number of rotatable bonds is 3. The van der Waals surface area contributed by atoms with Gasteiger partial charge in [0.15, 0.2) is 0 Å². The predicted molar refractivity (Wildman–Crippen MR) is 78.8 cm³/mol. The minimum Gasteiger partial charge on any atom is -0.375 e. The molecule has 2 atom stereocenters. The monoisotopic (exact) mass is 308 g/mol. The van der Waals surface area contributed by atoms with Gasteiger partial charge in [-0.3, -0.25) is 0 Å². The maximum Gasteiger partial charge on any atom is 0.256 e. The van der Waals surface area contributed by atoms with Gasteiger partial charge in [-0.2, -0.15) is 20.1 Å². The van der Waals surface area contributed by atoms with Gasteiger partial charge in [-0.1, -0.05) is 6.92 Å². The van der Waals surface area contributed by atoms with E-state index < -0.39 is 0 Å². The first kappa shape index (κ1) is 14.2. The molecule has 21 heavy (non-hydrogen) atoms. The average Bonchev–Trinajstić information content (AvgIpc) is 3.01. The molecule has 3 heterocycles. The topological polar surface area (TPSA) is 69.0 Å². The van der Waals surface area contributed by atoms with E-state index in [1.807, 2.05) is 13.0 Å². The molecule has 1 aliphatic heterocycles. The second-order valence-corrected chi connectivity index (χ2v) is 5.35. The number of aromatic nitrogens is 5. The van der Waals surface area contributed by atoms with E-state index in [1.54, 1.807) is 17.1 Å². The summed E-state index contributed by atoms with van der Waals surface area (Å²) in [5.74, 6) is 0.992. The summed E-state index contributed by atoms with van der Waals surface area (Å²) in [6.45, 7) is 5.56. The van der Waals surface area contributed by atoms with Crippen molar-refractivity contribution >= 4 is 17.5 Å². The summed E-state index contributed by atoms with van der Waals surface area (Å²) in [5.41, 5.74) is 0. The molecule has 112 valence electrons. The van der Waals surface area contributed by atoms with E-state index in [0.29, 0.717) is 18.5 Å². The van der Waals surface area contributed by atoms with Gasteiger partial charge in [0, 0.05) is 18.9 Å². The number of ether oxygens (including phenoxy) is 1. The van der Waals surface area contributed by atoms with Crippen molar-refractivity contribution in [1.29, 1.82) is 0 Å². The van der Waals surface area contributed by atoms with E-state index in [2.05, 4.69) is 31.9 Å². The smallest absolute Gasteiger partial charge is 0.256 e. The fraction of sp³-hybridized carbons (Fsp3) is 0.538. The van der Waals surface area contributed by atoms with Crippen LogP contribution in [0.15, 0.2) is 18.5 Å². The van der Waals surface area contributed by atoms with Crippen molar-refractivity contribution < 1.29 is 4.74 Å². The van der Waals surface area contributed by atoms with Crippen molar-refractivity contribution in [1.82, 2.24) is 24.7 Å². The molecule has 0 saturated carbocycles. The highest BCUT2D eigenvalue weighted by Gasteiger charge is 2.28. The Hall–Kier alpha value is -1.73. The SMILES string of the molecule is CCC1COC(C)CN1c1nc(Cl)nc(-n2cccn2)n1. The standard InChI is InChI=1S/C13H17ClN6O/c1-3-10-8-21-9(2)7-19(10)12-16-11(14)17-13(18-12)20-6-4-5-15-20/h4-6,9-10H,3,7-8H2,1-2H3. The number of hydrogen-bond donors (Lipinski definition) is 0. The van der Waals surface area contributed by atoms with Crippen LogP contribution in [0, 0.1) is 0 Å². The molecule has 2 aromatic rings. The largest absolute Gasteiger partial charge is 0.375 e. The summed E-state index contributed by atoms with van der Waals surface area (Å²) in [4.78, 5) is 15.0. The van der Waals surface area contributed by atoms with Gasteiger partial charge in [-0.25, -0.2) is 4.68 Å². The fourth-order valence-electron chi connectivity index (χ4n) is 2.37. The van der Waals surface area contributed by atoms with Crippen LogP contribution in [-0.2, 0) is 4.74 Å². The minimum absolute atomic E-state index is 0.136. The summed E-state index contributed by atoms with van der Waals surface area (Å²) < 4.78 is 7.27. The lowest BCUT2D eigenvalue weighted by atomic mass is 10.1. The molecule has 0 spiro atoms. The number of morpholine rings is 1. The molecule has 1 saturated heterocycles. The quantitative estimate of drug-likeness (QED) is 0.860. The summed E-state index contributed by atoms with van der Waals surface area (Å²) in [6.07, 6.45) is 4.53. The second kappa shape index (κ2) is 5.95. The van der Waals surface area contributed by atoms with Crippen molar-refractivity contribution in [2.24, 2.45) is 0 Å². The lowest BCUT2D eigenvalue weighted by Gasteiger charge is -2.38. The Kier molecular flexibility index (Phi) is 4.03. The molecule has 0 radical (unpaired) electrons. The van der Waals surface area contributed by atoms with Gasteiger partial charge < -0.3 is 9.64 Å². The number of hydrogen-bond acceptors (Lipinski definition) is 6. The first-order chi connectivity index (χ1) is 10.2. The van der Waals surface area contributed by atoms with E-state index in [-0.39, 0.29) is 17.4 Å². The van der Waals surface area contributed by atoms with E-state index in [9.17, 15) is 0 Å². The van der Waals surface area contributed by atoms with Gasteiger partial charge in [0.25, 0.3) is 5.95 Å². The summed E-state index contributed by atoms with van der Waals surface area (Å²) in [5, 5.41) is 4.30. The third-order valence-corrected chi connectivity index (χ3v) is 3.66. The van der Waals surface area contributed by atoms with Crippen LogP contribution in [0.2, 0.25) is 5.28 Å². The highest BCUT2D eigenvalue weighted by Crippen LogP contribution is 2.21. The summed E-state index contributed by atoms with van der Waals surface area (Å²) in [6, 6.07) is 2.05. The Balaban J connectivity index is 1.97. The Morgan fingerprint density at radius 3 is 2.86 bits per heavy atom. The summed E-state index contributed by atoms with van der Waals surface area (Å²) >= 11 is 6.05. The van der Waals surface area contributed by atoms with Crippen LogP contribution in [0.4, 0.5) is 5.95 Å². The van der Waals surface area contributed by atoms with Gasteiger partial charge in [0.05, 0.1) is 18.8 Å². The molecule has 8 heteroatoms. The number of anilines is 1. The zero-order valence-electron chi connectivity index (χ0n) is 12.0. The lowest BCUT2D eigenvalue weighted by molar-refractivity contribution is 0.0292. The van der Waals surface area contributed by atoms with Crippen molar-refractivity contribution in [3.63, 3.8) is 0 Å². The Morgan fingerprint density at radius 2 is 2.14 bits per heavy atom. The maximum absolute atomic E-state index is 6.05. The molecule has 0 amide bonds. The number of nitrogens with zero attached hydrogens (tertiary/aromatic N) is 6. The van der Waals surface area contributed by atoms with Gasteiger partial charge in [-0.05, 0) is 31.0 Å². The highest BCUT2D eigenvalue weighted by molar-refractivity contribution is 6.28. The summed E-state index contributed by atoms with van der Waals surface area (Å²) in [7, 11) is 0.